The first-order chi connectivity index (χ1) is 17.2. The van der Waals surface area contributed by atoms with E-state index in [1.54, 1.807) is 6.20 Å². The smallest absolute Gasteiger partial charge is 0.317 e. The van der Waals surface area contributed by atoms with Gasteiger partial charge in [0, 0.05) is 34.7 Å². The molecule has 2 aromatic heterocycles. The van der Waals surface area contributed by atoms with Crippen molar-refractivity contribution >= 4 is 28.4 Å². The molecule has 170 valence electrons. The highest BCUT2D eigenvalue weighted by atomic mass is 16.4. The van der Waals surface area contributed by atoms with Gasteiger partial charge in [0.25, 0.3) is 0 Å². The van der Waals surface area contributed by atoms with E-state index < -0.39 is 6.17 Å². The summed E-state index contributed by atoms with van der Waals surface area (Å²) in [6, 6.07) is 25.7. The summed E-state index contributed by atoms with van der Waals surface area (Å²) in [6.45, 7) is 2.02. The molecule has 0 radical (unpaired) electrons. The third-order valence-corrected chi connectivity index (χ3v) is 6.06. The van der Waals surface area contributed by atoms with Gasteiger partial charge in [-0.1, -0.05) is 71.3 Å². The topological polar surface area (TPSA) is 93.3 Å². The number of nitrogens with zero attached hydrogens (tertiary/aromatic N) is 4. The number of benzene rings is 3. The summed E-state index contributed by atoms with van der Waals surface area (Å²) in [4.78, 5) is 22.4. The fraction of sp³-hybridized carbons (Fsp3) is 0.107. The van der Waals surface area contributed by atoms with Crippen molar-refractivity contribution in [2.75, 3.05) is 5.32 Å². The number of carbonyl (C=O) groups is 1. The minimum absolute atomic E-state index is 0.0758. The number of aromatic nitrogens is 3. The number of pyridine rings is 1. The molecule has 7 heteroatoms. The van der Waals surface area contributed by atoms with E-state index in [9.17, 15) is 4.79 Å². The fourth-order valence-corrected chi connectivity index (χ4v) is 4.35. The average molecular weight is 460 g/mol. The van der Waals surface area contributed by atoms with Gasteiger partial charge in [-0.2, -0.15) is 0 Å². The van der Waals surface area contributed by atoms with Crippen LogP contribution in [-0.2, 0) is 11.2 Å². The number of fused-ring (bicyclic) bond motifs is 2. The van der Waals surface area contributed by atoms with Gasteiger partial charge in [0.1, 0.15) is 0 Å². The number of anilines is 1. The largest absolute Gasteiger partial charge is 0.403 e. The van der Waals surface area contributed by atoms with Crippen LogP contribution in [0.1, 0.15) is 22.3 Å². The maximum atomic E-state index is 13.2. The number of hydrogen-bond acceptors (Lipinski definition) is 7. The molecule has 6 rings (SSSR count). The van der Waals surface area contributed by atoms with E-state index in [-0.39, 0.29) is 18.2 Å². The lowest BCUT2D eigenvalue weighted by Crippen LogP contribution is -2.29. The number of nitrogens with one attached hydrogen (secondary N) is 1. The van der Waals surface area contributed by atoms with Gasteiger partial charge in [-0.15, -0.1) is 5.10 Å². The van der Waals surface area contributed by atoms with Gasteiger partial charge < -0.3 is 9.73 Å². The van der Waals surface area contributed by atoms with Crippen molar-refractivity contribution in [2.24, 2.45) is 4.99 Å². The molecule has 1 N–H and O–H groups in total. The van der Waals surface area contributed by atoms with Crippen LogP contribution < -0.4 is 5.32 Å². The highest BCUT2D eigenvalue weighted by molar-refractivity contribution is 6.16. The number of aryl methyl sites for hydroxylation is 1. The van der Waals surface area contributed by atoms with Crippen LogP contribution in [0.2, 0.25) is 0 Å². The average Bonchev–Trinajstić information content (AvgIpc) is 3.30. The molecule has 5 aromatic rings. The number of carbonyl (C=O) groups excluding carboxylic acids is 1. The molecule has 3 aromatic carbocycles. The zero-order chi connectivity index (χ0) is 23.8. The first kappa shape index (κ1) is 20.9. The molecule has 1 aliphatic heterocycles. The predicted molar refractivity (Wildman–Crippen MR) is 134 cm³/mol. The number of rotatable bonds is 4. The molecule has 0 bridgehead atoms. The van der Waals surface area contributed by atoms with E-state index in [1.165, 1.54) is 0 Å². The fourth-order valence-electron chi connectivity index (χ4n) is 4.35. The summed E-state index contributed by atoms with van der Waals surface area (Å²) in [5.41, 5.74) is 6.31. The van der Waals surface area contributed by atoms with Crippen LogP contribution in [0, 0.1) is 6.92 Å². The molecule has 1 aliphatic rings. The van der Waals surface area contributed by atoms with Gasteiger partial charge in [0.2, 0.25) is 5.89 Å². The Balaban J connectivity index is 1.37. The monoisotopic (exact) mass is 459 g/mol. The molecule has 0 unspecified atom stereocenters. The number of aliphatic imine (C=N–C) groups is 1. The predicted octanol–water partition coefficient (Wildman–Crippen LogP) is 4.99. The van der Waals surface area contributed by atoms with E-state index in [0.717, 1.165) is 44.4 Å². The molecule has 0 saturated heterocycles. The minimum atomic E-state index is -0.859. The third-order valence-electron chi connectivity index (χ3n) is 6.06. The highest BCUT2D eigenvalue weighted by Crippen LogP contribution is 2.29. The van der Waals surface area contributed by atoms with Crippen LogP contribution in [0.3, 0.4) is 0 Å². The Morgan fingerprint density at radius 1 is 0.914 bits per heavy atom. The molecule has 0 fully saturated rings. The zero-order valence-electron chi connectivity index (χ0n) is 19.0. The second-order valence-corrected chi connectivity index (χ2v) is 8.48. The second-order valence-electron chi connectivity index (χ2n) is 8.48. The van der Waals surface area contributed by atoms with Gasteiger partial charge in [-0.05, 0) is 30.7 Å². The summed E-state index contributed by atoms with van der Waals surface area (Å²) in [7, 11) is 0. The number of Topliss-reactive ketones (excluding diaryl/α,β-unsaturated/α-hetero) is 1. The Labute approximate surface area is 201 Å². The van der Waals surface area contributed by atoms with E-state index in [4.69, 9.17) is 9.41 Å². The Kier molecular flexibility index (Phi) is 5.15. The van der Waals surface area contributed by atoms with E-state index >= 15 is 0 Å². The van der Waals surface area contributed by atoms with Gasteiger partial charge in [-0.3, -0.25) is 14.8 Å². The Bertz CT molecular complexity index is 1590. The van der Waals surface area contributed by atoms with Crippen LogP contribution in [-0.4, -0.2) is 32.8 Å². The zero-order valence-corrected chi connectivity index (χ0v) is 19.0. The summed E-state index contributed by atoms with van der Waals surface area (Å²) >= 11 is 0. The van der Waals surface area contributed by atoms with Crippen LogP contribution >= 0.6 is 0 Å². The van der Waals surface area contributed by atoms with Crippen molar-refractivity contribution in [2.45, 2.75) is 19.5 Å². The quantitative estimate of drug-likeness (QED) is 0.407. The third kappa shape index (κ3) is 3.97. The van der Waals surface area contributed by atoms with Crippen molar-refractivity contribution in [3.8, 4) is 11.5 Å². The second kappa shape index (κ2) is 8.61. The summed E-state index contributed by atoms with van der Waals surface area (Å²) in [6.07, 6.45) is 1.11. The van der Waals surface area contributed by atoms with Crippen LogP contribution in [0.4, 0.5) is 6.01 Å². The van der Waals surface area contributed by atoms with Crippen LogP contribution in [0.25, 0.3) is 22.4 Å². The summed E-state index contributed by atoms with van der Waals surface area (Å²) in [5, 5.41) is 12.4. The molecule has 35 heavy (non-hydrogen) atoms. The molecular formula is C28H21N5O2. The normalized spacial score (nSPS) is 15.4. The number of hydrogen-bond donors (Lipinski definition) is 1. The summed E-state index contributed by atoms with van der Waals surface area (Å²) in [5.74, 6) is 0.273. The molecule has 0 saturated carbocycles. The molecule has 0 amide bonds. The van der Waals surface area contributed by atoms with Crippen molar-refractivity contribution in [3.05, 3.63) is 107 Å². The SMILES string of the molecule is Cc1ccc2nccc(-c3nnc(N[C@H]4N=C(c5ccccc5)c5ccccc5CC4=O)o3)c2c1. The van der Waals surface area contributed by atoms with Crippen LogP contribution in [0.5, 0.6) is 0 Å². The Hall–Kier alpha value is -4.65. The van der Waals surface area contributed by atoms with Crippen molar-refractivity contribution < 1.29 is 9.21 Å². The van der Waals surface area contributed by atoms with E-state index in [2.05, 4.69) is 20.5 Å². The molecule has 0 spiro atoms. The molecule has 0 aliphatic carbocycles. The maximum Gasteiger partial charge on any atom is 0.317 e. The summed E-state index contributed by atoms with van der Waals surface area (Å²) < 4.78 is 5.95. The Morgan fingerprint density at radius 3 is 2.63 bits per heavy atom. The van der Waals surface area contributed by atoms with Gasteiger partial charge >= 0.3 is 6.01 Å². The molecule has 7 nitrogen and oxygen atoms in total. The molecular weight excluding hydrogens is 438 g/mol. The first-order valence-corrected chi connectivity index (χ1v) is 11.4. The minimum Gasteiger partial charge on any atom is -0.403 e. The number of ketones is 1. The van der Waals surface area contributed by atoms with Crippen LogP contribution in [0.15, 0.2) is 94.5 Å². The lowest BCUT2D eigenvalue weighted by Gasteiger charge is -2.11. The standard InChI is InChI=1S/C28H21N5O2/c1-17-11-12-23-22(15-17)21(13-14-29-23)27-32-33-28(35-27)31-26-24(34)16-19-9-5-6-10-20(19)25(30-26)18-7-3-2-4-8-18/h2-15,26H,16H2,1H3,(H,31,33)/t26-/m1/s1. The van der Waals surface area contributed by atoms with Crippen molar-refractivity contribution in [1.82, 2.24) is 15.2 Å². The first-order valence-electron chi connectivity index (χ1n) is 11.4. The van der Waals surface area contributed by atoms with Crippen molar-refractivity contribution in [3.63, 3.8) is 0 Å². The lowest BCUT2D eigenvalue weighted by atomic mass is 9.96. The van der Waals surface area contributed by atoms with Crippen molar-refractivity contribution in [1.29, 1.82) is 0 Å². The van der Waals surface area contributed by atoms with Gasteiger partial charge in [-0.25, -0.2) is 0 Å². The lowest BCUT2D eigenvalue weighted by molar-refractivity contribution is -0.119. The highest BCUT2D eigenvalue weighted by Gasteiger charge is 2.27. The van der Waals surface area contributed by atoms with Gasteiger partial charge in [0.15, 0.2) is 11.9 Å². The molecule has 3 heterocycles. The van der Waals surface area contributed by atoms with Gasteiger partial charge in [0.05, 0.1) is 11.2 Å². The van der Waals surface area contributed by atoms with E-state index in [0.29, 0.717) is 5.89 Å². The maximum absolute atomic E-state index is 13.2. The Morgan fingerprint density at radius 2 is 1.74 bits per heavy atom. The van der Waals surface area contributed by atoms with E-state index in [1.807, 2.05) is 85.8 Å². The molecule has 1 atom stereocenters.